The van der Waals surface area contributed by atoms with E-state index in [9.17, 15) is 8.96 Å². The van der Waals surface area contributed by atoms with E-state index in [0.29, 0.717) is 17.1 Å². The van der Waals surface area contributed by atoms with Gasteiger partial charge in [-0.2, -0.15) is 0 Å². The minimum Gasteiger partial charge on any atom is -0.457 e. The van der Waals surface area contributed by atoms with E-state index in [1.54, 1.807) is 24.3 Å². The fourth-order valence-corrected chi connectivity index (χ4v) is 2.26. The molecule has 2 rings (SSSR count). The summed E-state index contributed by atoms with van der Waals surface area (Å²) in [6.07, 6.45) is -0.340. The molecule has 0 unspecified atom stereocenters. The summed E-state index contributed by atoms with van der Waals surface area (Å²) >= 11 is 0. The number of hydrogen-bond donors (Lipinski definition) is 2. The molecule has 0 fully saturated rings. The molecule has 2 N–H and O–H groups in total. The standard InChI is InChI=1S/C13H12FO4P/c14-11-4-6-12(7-5-11)18-13-3-1-2-10(8-13)9-19(15,16)17/h1-8H,9H2,(H2,15,16,17). The third-order valence-corrected chi connectivity index (χ3v) is 3.11. The summed E-state index contributed by atoms with van der Waals surface area (Å²) < 4.78 is 29.1. The van der Waals surface area contributed by atoms with E-state index in [2.05, 4.69) is 0 Å². The molecule has 0 bridgehead atoms. The maximum absolute atomic E-state index is 12.7. The van der Waals surface area contributed by atoms with Crippen molar-refractivity contribution in [3.05, 3.63) is 59.9 Å². The molecule has 0 spiro atoms. The first-order chi connectivity index (χ1) is 8.92. The van der Waals surface area contributed by atoms with Crippen molar-refractivity contribution < 1.29 is 23.5 Å². The Morgan fingerprint density at radius 2 is 1.74 bits per heavy atom. The molecule has 2 aromatic carbocycles. The maximum atomic E-state index is 12.7. The lowest BCUT2D eigenvalue weighted by molar-refractivity contribution is 0.371. The fourth-order valence-electron chi connectivity index (χ4n) is 1.58. The van der Waals surface area contributed by atoms with E-state index in [4.69, 9.17) is 14.5 Å². The summed E-state index contributed by atoms with van der Waals surface area (Å²) in [5.41, 5.74) is 0.480. The minimum atomic E-state index is -4.10. The molecule has 0 amide bonds. The molecule has 0 radical (unpaired) electrons. The fraction of sp³-hybridized carbons (Fsp3) is 0.0769. The summed E-state index contributed by atoms with van der Waals surface area (Å²) in [6.45, 7) is 0. The van der Waals surface area contributed by atoms with Crippen molar-refractivity contribution in [1.82, 2.24) is 0 Å². The van der Waals surface area contributed by atoms with Crippen molar-refractivity contribution in [1.29, 1.82) is 0 Å². The number of halogens is 1. The summed E-state index contributed by atoms with van der Waals surface area (Å²) in [7, 11) is -4.10. The monoisotopic (exact) mass is 282 g/mol. The molecule has 4 nitrogen and oxygen atoms in total. The van der Waals surface area contributed by atoms with Crippen molar-refractivity contribution in [2.75, 3.05) is 0 Å². The number of hydrogen-bond acceptors (Lipinski definition) is 2. The van der Waals surface area contributed by atoms with Gasteiger partial charge in [-0.25, -0.2) is 4.39 Å². The molecule has 6 heteroatoms. The summed E-state index contributed by atoms with van der Waals surface area (Å²) in [5.74, 6) is 0.537. The Morgan fingerprint density at radius 1 is 1.05 bits per heavy atom. The largest absolute Gasteiger partial charge is 0.457 e. The van der Waals surface area contributed by atoms with Gasteiger partial charge in [0.1, 0.15) is 17.3 Å². The quantitative estimate of drug-likeness (QED) is 0.844. The normalized spacial score (nSPS) is 11.3. The molecule has 0 heterocycles. The zero-order valence-corrected chi connectivity index (χ0v) is 10.8. The number of ether oxygens (including phenoxy) is 1. The van der Waals surface area contributed by atoms with Crippen LogP contribution in [0.25, 0.3) is 0 Å². The van der Waals surface area contributed by atoms with Gasteiger partial charge in [-0.1, -0.05) is 12.1 Å². The number of rotatable bonds is 4. The Kier molecular flexibility index (Phi) is 4.00. The Labute approximate surface area is 109 Å². The highest BCUT2D eigenvalue weighted by Crippen LogP contribution is 2.39. The highest BCUT2D eigenvalue weighted by atomic mass is 31.2. The van der Waals surface area contributed by atoms with Crippen LogP contribution in [0.4, 0.5) is 4.39 Å². The lowest BCUT2D eigenvalue weighted by Gasteiger charge is -2.08. The van der Waals surface area contributed by atoms with Gasteiger partial charge >= 0.3 is 7.60 Å². The van der Waals surface area contributed by atoms with Crippen molar-refractivity contribution in [3.8, 4) is 11.5 Å². The molecule has 2 aromatic rings. The molecule has 0 aromatic heterocycles. The van der Waals surface area contributed by atoms with E-state index < -0.39 is 7.60 Å². The van der Waals surface area contributed by atoms with Crippen LogP contribution in [-0.4, -0.2) is 9.79 Å². The molecule has 0 aliphatic rings. The molecular formula is C13H12FO4P. The molecule has 0 saturated heterocycles. The van der Waals surface area contributed by atoms with Gasteiger partial charge in [0.05, 0.1) is 6.16 Å². The van der Waals surface area contributed by atoms with Crippen LogP contribution in [0, 0.1) is 5.82 Å². The van der Waals surface area contributed by atoms with Crippen LogP contribution in [0.2, 0.25) is 0 Å². The summed E-state index contributed by atoms with van der Waals surface area (Å²) in [6, 6.07) is 12.0. The van der Waals surface area contributed by atoms with Crippen LogP contribution in [0.1, 0.15) is 5.56 Å². The Bertz CT molecular complexity index is 606. The second-order valence-corrected chi connectivity index (χ2v) is 5.67. The van der Waals surface area contributed by atoms with E-state index in [1.807, 2.05) is 0 Å². The lowest BCUT2D eigenvalue weighted by atomic mass is 10.2. The molecule has 100 valence electrons. The van der Waals surface area contributed by atoms with Crippen molar-refractivity contribution in [2.24, 2.45) is 0 Å². The van der Waals surface area contributed by atoms with Gasteiger partial charge in [0.25, 0.3) is 0 Å². The van der Waals surface area contributed by atoms with Crippen molar-refractivity contribution >= 4 is 7.60 Å². The second-order valence-electron chi connectivity index (χ2n) is 4.03. The van der Waals surface area contributed by atoms with E-state index in [1.165, 1.54) is 24.3 Å². The SMILES string of the molecule is O=P(O)(O)Cc1cccc(Oc2ccc(F)cc2)c1. The van der Waals surface area contributed by atoms with Gasteiger partial charge in [-0.15, -0.1) is 0 Å². The summed E-state index contributed by atoms with van der Waals surface area (Å²) in [5, 5.41) is 0. The summed E-state index contributed by atoms with van der Waals surface area (Å²) in [4.78, 5) is 17.8. The van der Waals surface area contributed by atoms with Crippen LogP contribution in [0.3, 0.4) is 0 Å². The zero-order valence-electron chi connectivity index (χ0n) is 9.86. The van der Waals surface area contributed by atoms with Crippen LogP contribution in [0.5, 0.6) is 11.5 Å². The topological polar surface area (TPSA) is 66.8 Å². The third kappa shape index (κ3) is 4.48. The predicted molar refractivity (Wildman–Crippen MR) is 68.7 cm³/mol. The first kappa shape index (κ1) is 13.7. The van der Waals surface area contributed by atoms with E-state index >= 15 is 0 Å². The minimum absolute atomic E-state index is 0.340. The molecule has 0 atom stereocenters. The highest BCUT2D eigenvalue weighted by Gasteiger charge is 2.14. The van der Waals surface area contributed by atoms with Crippen molar-refractivity contribution in [3.63, 3.8) is 0 Å². The van der Waals surface area contributed by atoms with Gasteiger partial charge in [0.2, 0.25) is 0 Å². The smallest absolute Gasteiger partial charge is 0.329 e. The Balaban J connectivity index is 2.15. The van der Waals surface area contributed by atoms with Gasteiger partial charge in [0, 0.05) is 0 Å². The average molecular weight is 282 g/mol. The van der Waals surface area contributed by atoms with Gasteiger partial charge < -0.3 is 14.5 Å². The molecule has 0 aliphatic heterocycles. The highest BCUT2D eigenvalue weighted by molar-refractivity contribution is 7.50. The first-order valence-electron chi connectivity index (χ1n) is 5.49. The van der Waals surface area contributed by atoms with Crippen molar-refractivity contribution in [2.45, 2.75) is 6.16 Å². The van der Waals surface area contributed by atoms with Gasteiger partial charge in [-0.3, -0.25) is 4.57 Å². The van der Waals surface area contributed by atoms with E-state index in [-0.39, 0.29) is 12.0 Å². The van der Waals surface area contributed by atoms with Crippen LogP contribution < -0.4 is 4.74 Å². The maximum Gasteiger partial charge on any atom is 0.329 e. The zero-order chi connectivity index (χ0) is 13.9. The molecule has 19 heavy (non-hydrogen) atoms. The average Bonchev–Trinajstić information content (AvgIpc) is 2.30. The van der Waals surface area contributed by atoms with Crippen LogP contribution in [0.15, 0.2) is 48.5 Å². The van der Waals surface area contributed by atoms with Crippen LogP contribution in [-0.2, 0) is 10.7 Å². The Morgan fingerprint density at radius 3 is 2.37 bits per heavy atom. The third-order valence-electron chi connectivity index (χ3n) is 2.34. The Hall–Kier alpha value is -1.68. The molecule has 0 aliphatic carbocycles. The number of benzene rings is 2. The molecule has 0 saturated carbocycles. The van der Waals surface area contributed by atoms with Gasteiger partial charge in [-0.05, 0) is 42.0 Å². The predicted octanol–water partition coefficient (Wildman–Crippen LogP) is 3.30. The van der Waals surface area contributed by atoms with E-state index in [0.717, 1.165) is 0 Å². The first-order valence-corrected chi connectivity index (χ1v) is 7.29. The van der Waals surface area contributed by atoms with Crippen LogP contribution >= 0.6 is 7.60 Å². The molecular weight excluding hydrogens is 270 g/mol. The van der Waals surface area contributed by atoms with Gasteiger partial charge in [0.15, 0.2) is 0 Å². The lowest BCUT2D eigenvalue weighted by Crippen LogP contribution is -1.89. The second kappa shape index (κ2) is 5.53.